The number of carbonyl (C=O) groups is 1. The molecule has 0 aliphatic carbocycles. The highest BCUT2D eigenvalue weighted by Crippen LogP contribution is 2.43. The van der Waals surface area contributed by atoms with Gasteiger partial charge in [0.1, 0.15) is 37.4 Å². The van der Waals surface area contributed by atoms with E-state index < -0.39 is 0 Å². The summed E-state index contributed by atoms with van der Waals surface area (Å²) in [5.41, 5.74) is 0.904. The van der Waals surface area contributed by atoms with E-state index in [2.05, 4.69) is 5.32 Å². The summed E-state index contributed by atoms with van der Waals surface area (Å²) in [6, 6.07) is 6.69. The van der Waals surface area contributed by atoms with Gasteiger partial charge in [-0.3, -0.25) is 4.79 Å². The number of thioether (sulfide) groups is 1. The van der Waals surface area contributed by atoms with Crippen LogP contribution < -0.4 is 10.2 Å². The van der Waals surface area contributed by atoms with Gasteiger partial charge in [0, 0.05) is 0 Å². The molecule has 2 heterocycles. The summed E-state index contributed by atoms with van der Waals surface area (Å²) in [7, 11) is 0. The molecule has 23 heavy (non-hydrogen) atoms. The topological polar surface area (TPSA) is 41.4 Å². The van der Waals surface area contributed by atoms with Gasteiger partial charge >= 0.3 is 0 Å². The molecule has 126 valence electrons. The molecule has 6 heteroatoms. The van der Waals surface area contributed by atoms with E-state index >= 15 is 0 Å². The fourth-order valence-electron chi connectivity index (χ4n) is 3.42. The first-order valence-electron chi connectivity index (χ1n) is 8.55. The van der Waals surface area contributed by atoms with Gasteiger partial charge in [0.25, 0.3) is 0 Å². The van der Waals surface area contributed by atoms with Crippen molar-refractivity contribution < 1.29 is 19.4 Å². The molecule has 0 spiro atoms. The lowest BCUT2D eigenvalue weighted by atomic mass is 10.2. The van der Waals surface area contributed by atoms with Gasteiger partial charge in [0.2, 0.25) is 5.91 Å². The van der Waals surface area contributed by atoms with Crippen LogP contribution in [0.1, 0.15) is 24.3 Å². The Kier molecular flexibility index (Phi) is 5.56. The van der Waals surface area contributed by atoms with E-state index in [0.717, 1.165) is 38.2 Å². The molecule has 2 saturated heterocycles. The van der Waals surface area contributed by atoms with Crippen molar-refractivity contribution in [3.63, 3.8) is 0 Å². The van der Waals surface area contributed by atoms with E-state index in [-0.39, 0.29) is 22.3 Å². The van der Waals surface area contributed by atoms with Crippen LogP contribution in [0.25, 0.3) is 0 Å². The fourth-order valence-corrected chi connectivity index (χ4v) is 4.83. The van der Waals surface area contributed by atoms with Gasteiger partial charge in [0.15, 0.2) is 0 Å². The Hall–Kier alpha value is -1.11. The summed E-state index contributed by atoms with van der Waals surface area (Å²) in [6.45, 7) is 8.47. The highest BCUT2D eigenvalue weighted by Gasteiger charge is 2.40. The third kappa shape index (κ3) is 3.87. The number of amides is 1. The fraction of sp³-hybridized carbons (Fsp3) is 0.588. The number of carbonyl (C=O) groups excluding carboxylic acids is 1. The van der Waals surface area contributed by atoms with Gasteiger partial charge in [-0.05, 0) is 24.1 Å². The number of nitrogens with one attached hydrogen (secondary N) is 1. The number of hydrogen-bond acceptors (Lipinski definition) is 2. The molecule has 3 rings (SSSR count). The van der Waals surface area contributed by atoms with Crippen LogP contribution in [-0.2, 0) is 4.79 Å². The first-order valence-corrected chi connectivity index (χ1v) is 9.50. The van der Waals surface area contributed by atoms with Gasteiger partial charge in [-0.1, -0.05) is 19.1 Å². The average Bonchev–Trinajstić information content (AvgIpc) is 2.90. The molecule has 0 aromatic heterocycles. The minimum atomic E-state index is -0.229. The van der Waals surface area contributed by atoms with Crippen molar-refractivity contribution >= 4 is 17.7 Å². The van der Waals surface area contributed by atoms with Crippen LogP contribution in [0.5, 0.6) is 0 Å². The Bertz CT molecular complexity index is 550. The molecule has 0 saturated carbocycles. The maximum Gasteiger partial charge on any atom is 0.237 e. The van der Waals surface area contributed by atoms with Crippen molar-refractivity contribution in [2.75, 3.05) is 39.3 Å². The number of quaternary nitrogens is 2. The lowest BCUT2D eigenvalue weighted by molar-refractivity contribution is -0.946. The minimum Gasteiger partial charge on any atom is -0.337 e. The number of hydrogen-bond donors (Lipinski definition) is 2. The first kappa shape index (κ1) is 16.7. The number of rotatable bonds is 5. The number of halogens is 1. The normalized spacial score (nSPS) is 26.0. The lowest BCUT2D eigenvalue weighted by Crippen LogP contribution is -3.20. The van der Waals surface area contributed by atoms with Crippen molar-refractivity contribution in [2.24, 2.45) is 0 Å². The predicted molar refractivity (Wildman–Crippen MR) is 89.7 cm³/mol. The maximum atomic E-state index is 13.6. The van der Waals surface area contributed by atoms with Crippen LogP contribution in [0.4, 0.5) is 4.39 Å². The van der Waals surface area contributed by atoms with Crippen molar-refractivity contribution in [2.45, 2.75) is 24.0 Å². The van der Waals surface area contributed by atoms with Gasteiger partial charge in [-0.2, -0.15) is 0 Å². The van der Waals surface area contributed by atoms with Crippen molar-refractivity contribution in [3.05, 3.63) is 35.6 Å². The highest BCUT2D eigenvalue weighted by molar-refractivity contribution is 8.01. The summed E-state index contributed by atoms with van der Waals surface area (Å²) >= 11 is 1.67. The first-order chi connectivity index (χ1) is 11.2. The van der Waals surface area contributed by atoms with Crippen LogP contribution in [0.15, 0.2) is 24.3 Å². The van der Waals surface area contributed by atoms with Gasteiger partial charge in [-0.25, -0.2) is 4.39 Å². The van der Waals surface area contributed by atoms with E-state index in [1.807, 2.05) is 17.9 Å². The molecule has 2 atom stereocenters. The monoisotopic (exact) mass is 339 g/mol. The van der Waals surface area contributed by atoms with Crippen molar-refractivity contribution in [3.8, 4) is 0 Å². The second-order valence-corrected chi connectivity index (χ2v) is 7.63. The molecule has 4 nitrogen and oxygen atoms in total. The minimum absolute atomic E-state index is 0.00737. The molecule has 1 amide bonds. The van der Waals surface area contributed by atoms with Gasteiger partial charge in [-0.15, -0.1) is 11.8 Å². The van der Waals surface area contributed by atoms with Crippen LogP contribution in [0.2, 0.25) is 0 Å². The van der Waals surface area contributed by atoms with Crippen molar-refractivity contribution in [1.82, 2.24) is 4.90 Å². The molecule has 2 fully saturated rings. The van der Waals surface area contributed by atoms with Crippen LogP contribution in [0.3, 0.4) is 0 Å². The number of nitrogens with two attached hydrogens (primary N) is 1. The van der Waals surface area contributed by atoms with Crippen LogP contribution in [-0.4, -0.2) is 55.3 Å². The number of nitrogens with zero attached hydrogens (tertiary/aromatic N) is 1. The van der Waals surface area contributed by atoms with E-state index in [1.165, 1.54) is 19.2 Å². The summed E-state index contributed by atoms with van der Waals surface area (Å²) < 4.78 is 13.6. The standard InChI is InChI=1S/C17H24FN3OS/c1-2-15-16(22)21(11-10-20-8-6-19-7-9-20)17(23-15)13-4-3-5-14(18)12-13/h3-5,12,15,17,19H,2,6-11H2,1H3/p+2/t15-,17+/m1/s1. The van der Waals surface area contributed by atoms with Crippen molar-refractivity contribution in [1.29, 1.82) is 0 Å². The van der Waals surface area contributed by atoms with Crippen LogP contribution >= 0.6 is 11.8 Å². The third-order valence-corrected chi connectivity index (χ3v) is 6.40. The molecule has 2 aliphatic rings. The van der Waals surface area contributed by atoms with E-state index in [9.17, 15) is 9.18 Å². The third-order valence-electron chi connectivity index (χ3n) is 4.75. The molecule has 1 aromatic carbocycles. The molecule has 2 aliphatic heterocycles. The maximum absolute atomic E-state index is 13.6. The van der Waals surface area contributed by atoms with E-state index in [4.69, 9.17) is 0 Å². The van der Waals surface area contributed by atoms with Gasteiger partial charge < -0.3 is 15.1 Å². The van der Waals surface area contributed by atoms with E-state index in [0.29, 0.717) is 0 Å². The summed E-state index contributed by atoms with van der Waals surface area (Å²) in [6.07, 6.45) is 0.831. The SMILES string of the molecule is CC[C@H]1S[C@@H](c2cccc(F)c2)N(CC[NH+]2CC[NH2+]CC2)C1=O. The zero-order valence-electron chi connectivity index (χ0n) is 13.6. The molecule has 0 unspecified atom stereocenters. The van der Waals surface area contributed by atoms with Crippen LogP contribution in [0, 0.1) is 5.82 Å². The molecular weight excluding hydrogens is 313 g/mol. The smallest absolute Gasteiger partial charge is 0.237 e. The number of benzene rings is 1. The Balaban J connectivity index is 1.71. The Morgan fingerprint density at radius 3 is 2.87 bits per heavy atom. The lowest BCUT2D eigenvalue weighted by Gasteiger charge is -2.28. The molecular formula is C17H26FN3OS+2. The Morgan fingerprint density at radius 1 is 1.39 bits per heavy atom. The molecule has 0 bridgehead atoms. The Labute approximate surface area is 141 Å². The zero-order valence-corrected chi connectivity index (χ0v) is 14.4. The molecule has 0 radical (unpaired) electrons. The van der Waals surface area contributed by atoms with Gasteiger partial charge in [0.05, 0.1) is 18.3 Å². The second-order valence-electron chi connectivity index (χ2n) is 6.34. The molecule has 1 aromatic rings. The quantitative estimate of drug-likeness (QED) is 0.769. The highest BCUT2D eigenvalue weighted by atomic mass is 32.2. The zero-order chi connectivity index (χ0) is 16.2. The summed E-state index contributed by atoms with van der Waals surface area (Å²) in [5, 5.41) is 2.31. The van der Waals surface area contributed by atoms with E-state index in [1.54, 1.807) is 28.8 Å². The average molecular weight is 339 g/mol. The largest absolute Gasteiger partial charge is 0.337 e. The molecule has 3 N–H and O–H groups in total. The second kappa shape index (κ2) is 7.64. The predicted octanol–water partition coefficient (Wildman–Crippen LogP) is -0.360. The number of piperazine rings is 1. The Morgan fingerprint density at radius 2 is 2.17 bits per heavy atom. The summed E-state index contributed by atoms with van der Waals surface area (Å²) in [5.74, 6) is -0.0117. The summed E-state index contributed by atoms with van der Waals surface area (Å²) in [4.78, 5) is 16.2.